The van der Waals surface area contributed by atoms with Gasteiger partial charge in [0.15, 0.2) is 0 Å². The molecule has 0 saturated heterocycles. The highest BCUT2D eigenvalue weighted by Gasteiger charge is 2.05. The van der Waals surface area contributed by atoms with E-state index in [1.165, 1.54) is 6.92 Å². The lowest BCUT2D eigenvalue weighted by Gasteiger charge is -2.15. The summed E-state index contributed by atoms with van der Waals surface area (Å²) in [4.78, 5) is 23.0. The highest BCUT2D eigenvalue weighted by atomic mass is 16.4. The van der Waals surface area contributed by atoms with Gasteiger partial charge in [-0.2, -0.15) is 0 Å². The summed E-state index contributed by atoms with van der Waals surface area (Å²) in [7, 11) is 1.70. The van der Waals surface area contributed by atoms with Crippen molar-refractivity contribution in [2.45, 2.75) is 19.8 Å². The van der Waals surface area contributed by atoms with Gasteiger partial charge in [-0.3, -0.25) is 9.59 Å². The highest BCUT2D eigenvalue weighted by Crippen LogP contribution is 2.14. The van der Waals surface area contributed by atoms with Gasteiger partial charge in [0, 0.05) is 26.1 Å². The number of carboxylic acid groups (broad SMARTS) is 1. The van der Waals surface area contributed by atoms with Crippen LogP contribution in [0.25, 0.3) is 0 Å². The second-order valence-electron chi connectivity index (χ2n) is 3.64. The van der Waals surface area contributed by atoms with Gasteiger partial charge in [0.2, 0.25) is 5.91 Å². The van der Waals surface area contributed by atoms with Crippen LogP contribution >= 0.6 is 0 Å². The minimum Gasteiger partial charge on any atom is -0.481 e. The van der Waals surface area contributed by atoms with Gasteiger partial charge in [0.1, 0.15) is 0 Å². The van der Waals surface area contributed by atoms with E-state index in [4.69, 9.17) is 5.11 Å². The van der Waals surface area contributed by atoms with Crippen molar-refractivity contribution in [2.75, 3.05) is 11.9 Å². The van der Waals surface area contributed by atoms with E-state index in [-0.39, 0.29) is 12.3 Å². The number of anilines is 1. The van der Waals surface area contributed by atoms with Gasteiger partial charge < -0.3 is 10.0 Å². The smallest absolute Gasteiger partial charge is 0.303 e. The molecule has 86 valence electrons. The fraction of sp³-hybridized carbons (Fsp3) is 0.333. The number of nitrogens with zero attached hydrogens (tertiary/aromatic N) is 1. The number of amides is 1. The standard InChI is InChI=1S/C12H15NO3/c1-9(14)13(2)11-6-3-10(4-7-11)5-8-12(15)16/h3-4,6-7H,5,8H2,1-2H3,(H,15,16). The molecule has 0 spiro atoms. The molecule has 16 heavy (non-hydrogen) atoms. The third kappa shape index (κ3) is 3.38. The van der Waals surface area contributed by atoms with Crippen molar-refractivity contribution in [3.63, 3.8) is 0 Å². The quantitative estimate of drug-likeness (QED) is 0.841. The van der Waals surface area contributed by atoms with Gasteiger partial charge in [-0.15, -0.1) is 0 Å². The summed E-state index contributed by atoms with van der Waals surface area (Å²) in [6.45, 7) is 1.50. The second-order valence-corrected chi connectivity index (χ2v) is 3.64. The average molecular weight is 221 g/mol. The molecule has 0 aromatic heterocycles. The summed E-state index contributed by atoms with van der Waals surface area (Å²) < 4.78 is 0. The van der Waals surface area contributed by atoms with E-state index in [9.17, 15) is 9.59 Å². The fourth-order valence-electron chi connectivity index (χ4n) is 1.32. The minimum atomic E-state index is -0.801. The number of hydrogen-bond acceptors (Lipinski definition) is 2. The lowest BCUT2D eigenvalue weighted by Crippen LogP contribution is -2.22. The number of aliphatic carboxylic acids is 1. The lowest BCUT2D eigenvalue weighted by atomic mass is 10.1. The van der Waals surface area contributed by atoms with Crippen LogP contribution in [0.3, 0.4) is 0 Å². The monoisotopic (exact) mass is 221 g/mol. The number of aryl methyl sites for hydroxylation is 1. The largest absolute Gasteiger partial charge is 0.481 e. The highest BCUT2D eigenvalue weighted by molar-refractivity contribution is 5.90. The van der Waals surface area contributed by atoms with Gasteiger partial charge in [-0.25, -0.2) is 0 Å². The Bertz CT molecular complexity index is 384. The van der Waals surface area contributed by atoms with E-state index in [1.807, 2.05) is 24.3 Å². The van der Waals surface area contributed by atoms with E-state index >= 15 is 0 Å². The minimum absolute atomic E-state index is 0.0294. The average Bonchev–Trinajstić information content (AvgIpc) is 2.26. The number of carbonyl (C=O) groups excluding carboxylic acids is 1. The summed E-state index contributed by atoms with van der Waals surface area (Å²) in [6, 6.07) is 7.33. The molecule has 4 heteroatoms. The SMILES string of the molecule is CC(=O)N(C)c1ccc(CCC(=O)O)cc1. The van der Waals surface area contributed by atoms with Crippen LogP contribution in [0, 0.1) is 0 Å². The molecule has 0 aliphatic rings. The number of carboxylic acids is 1. The molecule has 0 saturated carbocycles. The van der Waals surface area contributed by atoms with Crippen molar-refractivity contribution in [3.8, 4) is 0 Å². The van der Waals surface area contributed by atoms with Gasteiger partial charge in [0.25, 0.3) is 0 Å². The van der Waals surface area contributed by atoms with Crippen LogP contribution in [0.2, 0.25) is 0 Å². The van der Waals surface area contributed by atoms with E-state index < -0.39 is 5.97 Å². The van der Waals surface area contributed by atoms with Crippen molar-refractivity contribution in [1.82, 2.24) is 0 Å². The Balaban J connectivity index is 2.67. The van der Waals surface area contributed by atoms with E-state index in [0.29, 0.717) is 6.42 Å². The normalized spacial score (nSPS) is 9.88. The summed E-state index contributed by atoms with van der Waals surface area (Å²) in [5.74, 6) is -0.830. The molecule has 0 bridgehead atoms. The zero-order valence-corrected chi connectivity index (χ0v) is 9.43. The molecular formula is C12H15NO3. The van der Waals surface area contributed by atoms with Crippen molar-refractivity contribution in [3.05, 3.63) is 29.8 Å². The first-order chi connectivity index (χ1) is 7.50. The Morgan fingerprint density at radius 2 is 1.81 bits per heavy atom. The van der Waals surface area contributed by atoms with Crippen molar-refractivity contribution >= 4 is 17.6 Å². The summed E-state index contributed by atoms with van der Waals surface area (Å²) in [5.41, 5.74) is 1.77. The topological polar surface area (TPSA) is 57.6 Å². The fourth-order valence-corrected chi connectivity index (χ4v) is 1.32. The van der Waals surface area contributed by atoms with Gasteiger partial charge in [0.05, 0.1) is 0 Å². The summed E-state index contributed by atoms with van der Waals surface area (Å²) in [5, 5.41) is 8.54. The second kappa shape index (κ2) is 5.30. The van der Waals surface area contributed by atoms with Crippen LogP contribution in [0.1, 0.15) is 18.9 Å². The van der Waals surface area contributed by atoms with Crippen molar-refractivity contribution < 1.29 is 14.7 Å². The maximum atomic E-state index is 11.1. The maximum Gasteiger partial charge on any atom is 0.303 e. The number of benzene rings is 1. The molecule has 1 aromatic rings. The zero-order chi connectivity index (χ0) is 12.1. The molecule has 1 N–H and O–H groups in total. The molecule has 0 aliphatic heterocycles. The van der Waals surface area contributed by atoms with E-state index in [0.717, 1.165) is 11.3 Å². The Labute approximate surface area is 94.5 Å². The molecular weight excluding hydrogens is 206 g/mol. The van der Waals surface area contributed by atoms with Gasteiger partial charge >= 0.3 is 5.97 Å². The Morgan fingerprint density at radius 1 is 1.25 bits per heavy atom. The molecule has 0 radical (unpaired) electrons. The molecule has 0 fully saturated rings. The van der Waals surface area contributed by atoms with Crippen LogP contribution in [0.5, 0.6) is 0 Å². The number of carbonyl (C=O) groups is 2. The Hall–Kier alpha value is -1.84. The summed E-state index contributed by atoms with van der Waals surface area (Å²) in [6.07, 6.45) is 0.640. The van der Waals surface area contributed by atoms with Gasteiger partial charge in [-0.1, -0.05) is 12.1 Å². The predicted molar refractivity (Wildman–Crippen MR) is 61.5 cm³/mol. The Kier molecular flexibility index (Phi) is 4.05. The van der Waals surface area contributed by atoms with Gasteiger partial charge in [-0.05, 0) is 24.1 Å². The van der Waals surface area contributed by atoms with E-state index in [2.05, 4.69) is 0 Å². The maximum absolute atomic E-state index is 11.1. The first-order valence-electron chi connectivity index (χ1n) is 5.05. The molecule has 0 aliphatic carbocycles. The lowest BCUT2D eigenvalue weighted by molar-refractivity contribution is -0.137. The molecule has 0 unspecified atom stereocenters. The van der Waals surface area contributed by atoms with Crippen LogP contribution in [-0.4, -0.2) is 24.0 Å². The van der Waals surface area contributed by atoms with Crippen LogP contribution in [0.4, 0.5) is 5.69 Å². The summed E-state index contributed by atoms with van der Waals surface area (Å²) >= 11 is 0. The molecule has 4 nitrogen and oxygen atoms in total. The molecule has 1 rings (SSSR count). The number of rotatable bonds is 4. The van der Waals surface area contributed by atoms with Crippen molar-refractivity contribution in [2.24, 2.45) is 0 Å². The molecule has 1 aromatic carbocycles. The van der Waals surface area contributed by atoms with Crippen LogP contribution in [-0.2, 0) is 16.0 Å². The number of hydrogen-bond donors (Lipinski definition) is 1. The molecule has 0 heterocycles. The Morgan fingerprint density at radius 3 is 2.25 bits per heavy atom. The molecule has 1 amide bonds. The molecule has 0 atom stereocenters. The zero-order valence-electron chi connectivity index (χ0n) is 9.43. The van der Waals surface area contributed by atoms with Crippen LogP contribution in [0.15, 0.2) is 24.3 Å². The third-order valence-electron chi connectivity index (χ3n) is 2.42. The first kappa shape index (κ1) is 12.2. The van der Waals surface area contributed by atoms with Crippen molar-refractivity contribution in [1.29, 1.82) is 0 Å². The van der Waals surface area contributed by atoms with E-state index in [1.54, 1.807) is 11.9 Å². The van der Waals surface area contributed by atoms with Crippen LogP contribution < -0.4 is 4.90 Å². The first-order valence-corrected chi connectivity index (χ1v) is 5.05. The third-order valence-corrected chi connectivity index (χ3v) is 2.42. The predicted octanol–water partition coefficient (Wildman–Crippen LogP) is 1.69.